The molecule has 0 spiro atoms. The number of ether oxygens (including phenoxy) is 1. The van der Waals surface area contributed by atoms with Crippen molar-refractivity contribution in [3.63, 3.8) is 0 Å². The van der Waals surface area contributed by atoms with Gasteiger partial charge in [0.2, 0.25) is 5.78 Å². The molecule has 1 aromatic heterocycles. The van der Waals surface area contributed by atoms with Crippen molar-refractivity contribution < 1.29 is 14.3 Å². The smallest absolute Gasteiger partial charge is 0.331 e. The lowest BCUT2D eigenvalue weighted by Gasteiger charge is -2.16. The molecule has 4 heteroatoms. The molecule has 25 heavy (non-hydrogen) atoms. The number of benzene rings is 2. The van der Waals surface area contributed by atoms with E-state index in [4.69, 9.17) is 4.74 Å². The second-order valence-electron chi connectivity index (χ2n) is 6.06. The van der Waals surface area contributed by atoms with Gasteiger partial charge in [-0.15, -0.1) is 0 Å². The van der Waals surface area contributed by atoms with Crippen molar-refractivity contribution in [3.05, 3.63) is 83.6 Å². The minimum Gasteiger partial charge on any atom is -0.446 e. The third-order valence-corrected chi connectivity index (χ3v) is 3.84. The summed E-state index contributed by atoms with van der Waals surface area (Å²) in [5, 5.41) is 0.812. The predicted molar refractivity (Wildman–Crippen MR) is 97.3 cm³/mol. The lowest BCUT2D eigenvalue weighted by atomic mass is 9.99. The van der Waals surface area contributed by atoms with Gasteiger partial charge < -0.3 is 9.72 Å². The molecule has 1 atom stereocenters. The molecule has 0 aliphatic rings. The predicted octanol–water partition coefficient (Wildman–Crippen LogP) is 4.60. The molecule has 0 aliphatic carbocycles. The zero-order valence-electron chi connectivity index (χ0n) is 14.2. The van der Waals surface area contributed by atoms with Crippen LogP contribution >= 0.6 is 0 Å². The molecule has 0 bridgehead atoms. The van der Waals surface area contributed by atoms with E-state index in [2.05, 4.69) is 4.98 Å². The van der Waals surface area contributed by atoms with E-state index in [-0.39, 0.29) is 5.78 Å². The largest absolute Gasteiger partial charge is 0.446 e. The normalized spacial score (nSPS) is 11.8. The van der Waals surface area contributed by atoms with Gasteiger partial charge in [-0.25, -0.2) is 4.79 Å². The minimum absolute atomic E-state index is 0.251. The van der Waals surface area contributed by atoms with Crippen molar-refractivity contribution in [3.8, 4) is 0 Å². The number of aromatic amines is 1. The molecule has 0 aliphatic heterocycles. The molecular weight excluding hydrogens is 314 g/mol. The first-order valence-corrected chi connectivity index (χ1v) is 8.07. The number of fused-ring (bicyclic) bond motifs is 1. The van der Waals surface area contributed by atoms with Gasteiger partial charge in [-0.1, -0.05) is 54.1 Å². The molecule has 3 aromatic rings. The molecule has 3 rings (SSSR count). The number of esters is 1. The SMILES string of the molecule is CC(C)=CC(=O)O[C@H](C(=O)c1c[nH]c2ccccc12)c1ccccc1. The Morgan fingerprint density at radius 3 is 2.40 bits per heavy atom. The Morgan fingerprint density at radius 2 is 1.68 bits per heavy atom. The number of carbonyl (C=O) groups is 2. The average molecular weight is 333 g/mol. The second kappa shape index (κ2) is 7.18. The van der Waals surface area contributed by atoms with E-state index in [0.29, 0.717) is 11.1 Å². The van der Waals surface area contributed by atoms with E-state index in [9.17, 15) is 9.59 Å². The summed E-state index contributed by atoms with van der Waals surface area (Å²) < 4.78 is 5.50. The van der Waals surface area contributed by atoms with Crippen LogP contribution < -0.4 is 0 Å². The fourth-order valence-electron chi connectivity index (χ4n) is 2.70. The molecule has 0 saturated heterocycles. The highest BCUT2D eigenvalue weighted by Gasteiger charge is 2.27. The molecule has 0 saturated carbocycles. The van der Waals surface area contributed by atoms with Crippen LogP contribution in [0.2, 0.25) is 0 Å². The Hall–Kier alpha value is -3.14. The van der Waals surface area contributed by atoms with Crippen molar-refractivity contribution in [2.24, 2.45) is 0 Å². The third kappa shape index (κ3) is 3.69. The van der Waals surface area contributed by atoms with Crippen molar-refractivity contribution in [1.82, 2.24) is 4.98 Å². The Balaban J connectivity index is 2.00. The molecule has 0 unspecified atom stereocenters. The van der Waals surface area contributed by atoms with Gasteiger partial charge in [-0.3, -0.25) is 4.79 Å². The molecule has 0 amide bonds. The Labute approximate surface area is 146 Å². The topological polar surface area (TPSA) is 59.2 Å². The number of para-hydroxylation sites is 1. The van der Waals surface area contributed by atoms with Crippen molar-refractivity contribution in [2.45, 2.75) is 20.0 Å². The van der Waals surface area contributed by atoms with E-state index in [0.717, 1.165) is 16.5 Å². The lowest BCUT2D eigenvalue weighted by Crippen LogP contribution is -2.19. The first-order valence-electron chi connectivity index (χ1n) is 8.07. The Morgan fingerprint density at radius 1 is 1.00 bits per heavy atom. The quantitative estimate of drug-likeness (QED) is 0.422. The molecule has 2 aromatic carbocycles. The number of Topliss-reactive ketones (excluding diaryl/α,β-unsaturated/α-hetero) is 1. The van der Waals surface area contributed by atoms with Gasteiger partial charge in [-0.2, -0.15) is 0 Å². The summed E-state index contributed by atoms with van der Waals surface area (Å²) in [4.78, 5) is 28.3. The standard InChI is InChI=1S/C21H19NO3/c1-14(2)12-19(23)25-21(15-8-4-3-5-9-15)20(24)17-13-22-18-11-7-6-10-16(17)18/h3-13,21-22H,1-2H3/t21-/m0/s1. The summed E-state index contributed by atoms with van der Waals surface area (Å²) in [6.45, 7) is 3.61. The van der Waals surface area contributed by atoms with Crippen molar-refractivity contribution >= 4 is 22.7 Å². The average Bonchev–Trinajstić information content (AvgIpc) is 3.03. The number of nitrogens with one attached hydrogen (secondary N) is 1. The molecule has 1 N–H and O–H groups in total. The number of rotatable bonds is 5. The van der Waals surface area contributed by atoms with Gasteiger partial charge in [0.15, 0.2) is 6.10 Å². The van der Waals surface area contributed by atoms with Crippen LogP contribution in [0.4, 0.5) is 0 Å². The molecule has 0 radical (unpaired) electrons. The number of allylic oxidation sites excluding steroid dienone is 1. The molecule has 0 fully saturated rings. The van der Waals surface area contributed by atoms with Crippen LogP contribution in [0, 0.1) is 0 Å². The summed E-state index contributed by atoms with van der Waals surface area (Å²) in [6, 6.07) is 16.6. The van der Waals surface area contributed by atoms with E-state index in [1.165, 1.54) is 6.08 Å². The minimum atomic E-state index is -0.983. The maximum Gasteiger partial charge on any atom is 0.331 e. The zero-order valence-corrected chi connectivity index (χ0v) is 14.2. The van der Waals surface area contributed by atoms with Gasteiger partial charge in [0, 0.05) is 34.3 Å². The fraction of sp³-hybridized carbons (Fsp3) is 0.143. The van der Waals surface area contributed by atoms with Crippen LogP contribution in [0.5, 0.6) is 0 Å². The monoisotopic (exact) mass is 333 g/mol. The maximum atomic E-state index is 13.1. The second-order valence-corrected chi connectivity index (χ2v) is 6.06. The number of ketones is 1. The number of aromatic nitrogens is 1. The number of hydrogen-bond donors (Lipinski definition) is 1. The first-order chi connectivity index (χ1) is 12.1. The van der Waals surface area contributed by atoms with Gasteiger partial charge in [0.25, 0.3) is 0 Å². The van der Waals surface area contributed by atoms with E-state index < -0.39 is 12.1 Å². The van der Waals surface area contributed by atoms with Crippen LogP contribution in [0.15, 0.2) is 72.4 Å². The van der Waals surface area contributed by atoms with Gasteiger partial charge in [-0.05, 0) is 19.9 Å². The fourth-order valence-corrected chi connectivity index (χ4v) is 2.70. The number of H-pyrrole nitrogens is 1. The van der Waals surface area contributed by atoms with Gasteiger partial charge in [0.05, 0.1) is 0 Å². The summed E-state index contributed by atoms with van der Waals surface area (Å²) in [5.74, 6) is -0.777. The van der Waals surface area contributed by atoms with Gasteiger partial charge in [0.1, 0.15) is 0 Å². The molecule has 4 nitrogen and oxygen atoms in total. The van der Waals surface area contributed by atoms with E-state index >= 15 is 0 Å². The van der Waals surface area contributed by atoms with Crippen LogP contribution in [0.3, 0.4) is 0 Å². The summed E-state index contributed by atoms with van der Waals surface area (Å²) in [6.07, 6.45) is 2.07. The van der Waals surface area contributed by atoms with Crippen LogP contribution in [0.1, 0.15) is 35.9 Å². The molecule has 126 valence electrons. The summed E-state index contributed by atoms with van der Waals surface area (Å²) >= 11 is 0. The van der Waals surface area contributed by atoms with Crippen molar-refractivity contribution in [1.29, 1.82) is 0 Å². The van der Waals surface area contributed by atoms with Crippen LogP contribution in [-0.2, 0) is 9.53 Å². The first kappa shape index (κ1) is 16.7. The molecular formula is C21H19NO3. The van der Waals surface area contributed by atoms with E-state index in [1.54, 1.807) is 32.2 Å². The molecule has 1 heterocycles. The number of hydrogen-bond acceptors (Lipinski definition) is 3. The summed E-state index contributed by atoms with van der Waals surface area (Å²) in [7, 11) is 0. The van der Waals surface area contributed by atoms with Crippen molar-refractivity contribution in [2.75, 3.05) is 0 Å². The Bertz CT molecular complexity index is 934. The summed E-state index contributed by atoms with van der Waals surface area (Å²) in [5.41, 5.74) is 2.84. The Kier molecular flexibility index (Phi) is 4.80. The highest BCUT2D eigenvalue weighted by molar-refractivity contribution is 6.10. The van der Waals surface area contributed by atoms with Crippen LogP contribution in [-0.4, -0.2) is 16.7 Å². The van der Waals surface area contributed by atoms with E-state index in [1.807, 2.05) is 42.5 Å². The lowest BCUT2D eigenvalue weighted by molar-refractivity contribution is -0.141. The van der Waals surface area contributed by atoms with Crippen LogP contribution in [0.25, 0.3) is 10.9 Å². The maximum absolute atomic E-state index is 13.1. The highest BCUT2D eigenvalue weighted by Crippen LogP contribution is 2.27. The zero-order chi connectivity index (χ0) is 17.8. The highest BCUT2D eigenvalue weighted by atomic mass is 16.5. The van der Waals surface area contributed by atoms with Gasteiger partial charge >= 0.3 is 5.97 Å². The number of carbonyl (C=O) groups excluding carboxylic acids is 2. The third-order valence-electron chi connectivity index (χ3n) is 3.84.